The fraction of sp³-hybridized carbons (Fsp3) is 0.0606. The number of nitrogens with zero attached hydrogens (tertiary/aromatic N) is 4. The molecule has 264 valence electrons. The molecule has 0 atom stereocenters. The third kappa shape index (κ3) is 5.92. The van der Waals surface area contributed by atoms with Gasteiger partial charge in [0.1, 0.15) is 0 Å². The molecule has 0 radical (unpaired) electrons. The molecule has 2 heterocycles. The maximum Gasteiger partial charge on any atom is 0.326 e. The number of carbonyl (C=O) groups is 1. The zero-order valence-electron chi connectivity index (χ0n) is 25.9. The van der Waals surface area contributed by atoms with Crippen LogP contribution in [0.15, 0.2) is 82.6 Å². The number of nitrogens with one attached hydrogen (secondary N) is 2. The van der Waals surface area contributed by atoms with Crippen molar-refractivity contribution >= 4 is 84.3 Å². The number of amides is 2. The Morgan fingerprint density at radius 3 is 1.38 bits per heavy atom. The van der Waals surface area contributed by atoms with Crippen molar-refractivity contribution in [2.75, 3.05) is 10.6 Å². The van der Waals surface area contributed by atoms with Crippen molar-refractivity contribution in [2.45, 2.75) is 22.6 Å². The van der Waals surface area contributed by atoms with Crippen LogP contribution in [-0.4, -0.2) is 51.5 Å². The molecule has 0 saturated heterocycles. The fourth-order valence-electron chi connectivity index (χ4n) is 6.45. The first-order valence-corrected chi connectivity index (χ1v) is 19.4. The number of urea groups is 1. The summed E-state index contributed by atoms with van der Waals surface area (Å²) < 4.78 is 70.5. The zero-order valence-corrected chi connectivity index (χ0v) is 30.6. The van der Waals surface area contributed by atoms with E-state index >= 15 is 0 Å². The minimum atomic E-state index is -4.54. The molecule has 0 bridgehead atoms. The molecule has 6 aromatic rings. The Labute approximate surface area is 315 Å². The molecular formula is C33H20Cl4N6O7S2. The Morgan fingerprint density at radius 1 is 0.615 bits per heavy atom. The van der Waals surface area contributed by atoms with Gasteiger partial charge in [-0.25, -0.2) is 14.2 Å². The molecule has 2 aliphatic carbocycles. The molecule has 0 spiro atoms. The number of hydrogen-bond donors (Lipinski definition) is 4. The monoisotopic (exact) mass is 816 g/mol. The second-order valence-electron chi connectivity index (χ2n) is 11.9. The number of halogens is 4. The molecule has 4 N–H and O–H groups in total. The quantitative estimate of drug-likeness (QED) is 0.121. The highest BCUT2D eigenvalue weighted by Crippen LogP contribution is 2.45. The number of anilines is 2. The Kier molecular flexibility index (Phi) is 8.20. The summed E-state index contributed by atoms with van der Waals surface area (Å²) in [5, 5.41) is 16.0. The summed E-state index contributed by atoms with van der Waals surface area (Å²) >= 11 is 25.4. The van der Waals surface area contributed by atoms with E-state index in [-0.39, 0.29) is 44.3 Å². The van der Waals surface area contributed by atoms with Gasteiger partial charge in [0.25, 0.3) is 20.2 Å². The van der Waals surface area contributed by atoms with Gasteiger partial charge in [-0.1, -0.05) is 58.5 Å². The van der Waals surface area contributed by atoms with Gasteiger partial charge in [0.15, 0.2) is 11.6 Å². The summed E-state index contributed by atoms with van der Waals surface area (Å²) in [5.41, 5.74) is 5.06. The highest BCUT2D eigenvalue weighted by Gasteiger charge is 2.33. The van der Waals surface area contributed by atoms with E-state index in [1.807, 2.05) is 0 Å². The predicted molar refractivity (Wildman–Crippen MR) is 196 cm³/mol. The van der Waals surface area contributed by atoms with Crippen LogP contribution < -0.4 is 10.6 Å². The Hall–Kier alpha value is -4.45. The summed E-state index contributed by atoms with van der Waals surface area (Å²) in [4.78, 5) is 13.1. The second-order valence-corrected chi connectivity index (χ2v) is 16.4. The van der Waals surface area contributed by atoms with Crippen molar-refractivity contribution in [3.63, 3.8) is 0 Å². The summed E-state index contributed by atoms with van der Waals surface area (Å²) in [6.07, 6.45) is 0.503. The second kappa shape index (κ2) is 12.3. The van der Waals surface area contributed by atoms with E-state index in [1.54, 1.807) is 36.4 Å². The van der Waals surface area contributed by atoms with E-state index < -0.39 is 26.3 Å². The summed E-state index contributed by atoms with van der Waals surface area (Å²) in [7, 11) is -9.08. The third-order valence-electron chi connectivity index (χ3n) is 8.71. The van der Waals surface area contributed by atoms with Crippen LogP contribution in [0.3, 0.4) is 0 Å². The van der Waals surface area contributed by atoms with Crippen LogP contribution in [0.2, 0.25) is 20.1 Å². The van der Waals surface area contributed by atoms with E-state index in [1.165, 1.54) is 45.8 Å². The summed E-state index contributed by atoms with van der Waals surface area (Å²) in [5.74, 6) is 0.252. The van der Waals surface area contributed by atoms with Gasteiger partial charge in [-0.15, -0.1) is 10.2 Å². The van der Waals surface area contributed by atoms with Crippen molar-refractivity contribution in [1.82, 2.24) is 19.6 Å². The molecule has 4 aromatic carbocycles. The maximum absolute atomic E-state index is 13.8. The molecule has 13 nitrogen and oxygen atoms in total. The molecule has 0 unspecified atom stereocenters. The number of hydrogen-bond acceptors (Lipinski definition) is 7. The maximum atomic E-state index is 13.8. The number of fused-ring (bicyclic) bond motifs is 6. The Balaban J connectivity index is 1.21. The van der Waals surface area contributed by atoms with Gasteiger partial charge in [-0.2, -0.15) is 16.8 Å². The van der Waals surface area contributed by atoms with E-state index in [4.69, 9.17) is 46.4 Å². The number of rotatable bonds is 6. The average molecular weight is 819 g/mol. The van der Waals surface area contributed by atoms with Crippen molar-refractivity contribution < 1.29 is 30.7 Å². The lowest BCUT2D eigenvalue weighted by Gasteiger charge is -2.11. The number of benzene rings is 4. The molecule has 8 rings (SSSR count). The van der Waals surface area contributed by atoms with E-state index in [0.717, 1.165) is 0 Å². The number of carbonyl (C=O) groups excluding carboxylic acids is 1. The normalized spacial score (nSPS) is 13.0. The third-order valence-corrected chi connectivity index (χ3v) is 11.5. The molecule has 2 aromatic heterocycles. The van der Waals surface area contributed by atoms with Gasteiger partial charge < -0.3 is 0 Å². The lowest BCUT2D eigenvalue weighted by molar-refractivity contribution is 0.262. The predicted octanol–water partition coefficient (Wildman–Crippen LogP) is 7.95. The number of aromatic nitrogens is 4. The lowest BCUT2D eigenvalue weighted by Crippen LogP contribution is -2.21. The van der Waals surface area contributed by atoms with Crippen LogP contribution in [-0.2, 0) is 33.1 Å². The minimum Gasteiger partial charge on any atom is -0.290 e. The molecule has 2 amide bonds. The van der Waals surface area contributed by atoms with Crippen LogP contribution in [0.5, 0.6) is 0 Å². The van der Waals surface area contributed by atoms with Gasteiger partial charge >= 0.3 is 6.03 Å². The first-order valence-electron chi connectivity index (χ1n) is 15.0. The van der Waals surface area contributed by atoms with Crippen molar-refractivity contribution in [1.29, 1.82) is 0 Å². The highest BCUT2D eigenvalue weighted by atomic mass is 35.5. The van der Waals surface area contributed by atoms with Crippen LogP contribution >= 0.6 is 46.4 Å². The molecular weight excluding hydrogens is 798 g/mol. The van der Waals surface area contributed by atoms with Gasteiger partial charge in [0.05, 0.1) is 42.6 Å². The van der Waals surface area contributed by atoms with Crippen LogP contribution in [0.4, 0.5) is 16.4 Å². The minimum absolute atomic E-state index is 0.126. The standard InChI is InChI=1S/C33H20Cl4N6O7S2/c34-17-3-7-27(25(36)11-17)42-29-21-13-19(51(45,46)47)5-1-15(21)9-23(29)31(40-42)38-33(44)39-32-24-10-16-2-6-20(52(48,49)50)14-22(16)30(24)43(41-32)28-8-4-18(35)12-26(28)37/h1-8,11-14H,9-10H2,(H,45,46,47)(H,48,49,50)(H2,38,39,40,41,44). The average Bonchev–Trinajstić information content (AvgIpc) is 3.80. The van der Waals surface area contributed by atoms with Gasteiger partial charge in [-0.05, 0) is 71.8 Å². The summed E-state index contributed by atoms with van der Waals surface area (Å²) in [6, 6.07) is 17.1. The smallest absolute Gasteiger partial charge is 0.290 e. The van der Waals surface area contributed by atoms with Crippen LogP contribution in [0.1, 0.15) is 22.3 Å². The Bertz CT molecular complexity index is 2600. The first-order chi connectivity index (χ1) is 24.6. The molecule has 2 aliphatic rings. The summed E-state index contributed by atoms with van der Waals surface area (Å²) in [6.45, 7) is 0. The Morgan fingerprint density at radius 2 is 1.02 bits per heavy atom. The van der Waals surface area contributed by atoms with Crippen LogP contribution in [0.25, 0.3) is 33.9 Å². The largest absolute Gasteiger partial charge is 0.326 e. The van der Waals surface area contributed by atoms with E-state index in [9.17, 15) is 30.7 Å². The van der Waals surface area contributed by atoms with Crippen molar-refractivity contribution in [3.8, 4) is 33.9 Å². The van der Waals surface area contributed by atoms with Gasteiger partial charge in [-0.3, -0.25) is 19.7 Å². The van der Waals surface area contributed by atoms with Crippen molar-refractivity contribution in [3.05, 3.63) is 115 Å². The molecule has 19 heteroatoms. The SMILES string of the molecule is O=C(Nc1nn(-c2ccc(Cl)cc2Cl)c2c1Cc1ccc(S(=O)(=O)O)cc1-2)Nc1nn(-c2ccc(Cl)cc2Cl)c2c1Cc1ccc(S(=O)(=O)O)cc1-2. The van der Waals surface area contributed by atoms with Gasteiger partial charge in [0, 0.05) is 45.1 Å². The van der Waals surface area contributed by atoms with E-state index in [0.29, 0.717) is 66.2 Å². The molecule has 52 heavy (non-hydrogen) atoms. The topological polar surface area (TPSA) is 186 Å². The molecule has 0 fully saturated rings. The lowest BCUT2D eigenvalue weighted by atomic mass is 10.1. The highest BCUT2D eigenvalue weighted by molar-refractivity contribution is 7.86. The molecule has 0 saturated carbocycles. The zero-order chi connectivity index (χ0) is 36.9. The van der Waals surface area contributed by atoms with Crippen LogP contribution in [0, 0.1) is 0 Å². The fourth-order valence-corrected chi connectivity index (χ4v) is 8.44. The van der Waals surface area contributed by atoms with E-state index in [2.05, 4.69) is 20.8 Å². The van der Waals surface area contributed by atoms with Gasteiger partial charge in [0.2, 0.25) is 0 Å². The first kappa shape index (κ1) is 34.6. The molecule has 0 aliphatic heterocycles. The van der Waals surface area contributed by atoms with Crippen molar-refractivity contribution in [2.24, 2.45) is 0 Å².